The van der Waals surface area contributed by atoms with E-state index in [1.165, 1.54) is 27.2 Å². The number of aromatic nitrogens is 1. The first kappa shape index (κ1) is 33.4. The third-order valence-corrected chi connectivity index (χ3v) is 12.5. The highest BCUT2D eigenvalue weighted by Crippen LogP contribution is 2.46. The van der Waals surface area contributed by atoms with Crippen LogP contribution in [0.3, 0.4) is 0 Å². The van der Waals surface area contributed by atoms with E-state index in [-0.39, 0.29) is 38.4 Å². The Balaban J connectivity index is 1.14. The number of nitrogens with zero attached hydrogens (tertiary/aromatic N) is 3. The molecule has 3 N–H and O–H groups in total. The normalized spacial score (nSPS) is 29.4. The molecular weight excluding hydrogens is 676 g/mol. The average Bonchev–Trinajstić information content (AvgIpc) is 3.84. The molecule has 0 unspecified atom stereocenters. The number of thiazole rings is 1. The summed E-state index contributed by atoms with van der Waals surface area (Å²) in [5, 5.41) is 7.77. The van der Waals surface area contributed by atoms with Gasteiger partial charge in [-0.2, -0.15) is 0 Å². The van der Waals surface area contributed by atoms with Crippen LogP contribution in [0.5, 0.6) is 0 Å². The zero-order valence-electron chi connectivity index (χ0n) is 26.8. The molecule has 0 spiro atoms. The van der Waals surface area contributed by atoms with Gasteiger partial charge in [-0.25, -0.2) is 22.6 Å². The number of allylic oxidation sites excluding steroid dienone is 1. The van der Waals surface area contributed by atoms with E-state index < -0.39 is 68.6 Å². The van der Waals surface area contributed by atoms with Crippen LogP contribution in [0.1, 0.15) is 68.9 Å². The molecule has 5 atom stereocenters. The summed E-state index contributed by atoms with van der Waals surface area (Å²) in [5.74, 6) is -2.64. The predicted octanol–water partition coefficient (Wildman–Crippen LogP) is 3.19. The molecule has 1 saturated heterocycles. The Morgan fingerprint density at radius 2 is 1.96 bits per heavy atom. The van der Waals surface area contributed by atoms with Gasteiger partial charge in [0.05, 0.1) is 18.3 Å². The van der Waals surface area contributed by atoms with E-state index in [4.69, 9.17) is 4.74 Å². The molecule has 1 aromatic heterocycles. The third-order valence-electron chi connectivity index (χ3n) is 10.0. The second-order valence-electron chi connectivity index (χ2n) is 13.5. The van der Waals surface area contributed by atoms with Gasteiger partial charge in [-0.15, -0.1) is 11.3 Å². The van der Waals surface area contributed by atoms with Gasteiger partial charge in [0.2, 0.25) is 21.8 Å². The number of carbonyl (C=O) groups is 4. The minimum Gasteiger partial charge on any atom is -0.444 e. The molecule has 7 rings (SSSR count). The zero-order valence-corrected chi connectivity index (χ0v) is 28.4. The number of fused-ring (bicyclic) bond motifs is 3. The van der Waals surface area contributed by atoms with Gasteiger partial charge >= 0.3 is 6.09 Å². The van der Waals surface area contributed by atoms with E-state index in [1.807, 2.05) is 12.2 Å². The molecule has 3 aliphatic heterocycles. The molecule has 49 heavy (non-hydrogen) atoms. The van der Waals surface area contributed by atoms with Crippen molar-refractivity contribution >= 4 is 50.3 Å². The van der Waals surface area contributed by atoms with Crippen LogP contribution in [-0.4, -0.2) is 82.5 Å². The maximum atomic E-state index is 14.4. The minimum absolute atomic E-state index is 0.0379. The molecule has 5 aliphatic rings. The van der Waals surface area contributed by atoms with Crippen molar-refractivity contribution < 1.29 is 36.7 Å². The van der Waals surface area contributed by atoms with E-state index in [2.05, 4.69) is 20.3 Å². The third kappa shape index (κ3) is 7.02. The van der Waals surface area contributed by atoms with Gasteiger partial charge in [-0.3, -0.25) is 24.0 Å². The molecule has 0 radical (unpaired) electrons. The topological polar surface area (TPSA) is 167 Å². The highest BCUT2D eigenvalue weighted by atomic mass is 32.2. The second kappa shape index (κ2) is 13.3. The Morgan fingerprint density at radius 1 is 1.12 bits per heavy atom. The molecule has 0 bridgehead atoms. The first-order chi connectivity index (χ1) is 23.5. The number of carbonyl (C=O) groups excluding carboxylic acids is 4. The van der Waals surface area contributed by atoms with Crippen LogP contribution in [0.25, 0.3) is 0 Å². The number of halogens is 1. The first-order valence-corrected chi connectivity index (χ1v) is 19.2. The van der Waals surface area contributed by atoms with Crippen LogP contribution in [0, 0.1) is 11.7 Å². The Labute approximate surface area is 287 Å². The lowest BCUT2D eigenvalue weighted by atomic mass is 10.1. The molecule has 16 heteroatoms. The Kier molecular flexibility index (Phi) is 9.11. The zero-order chi connectivity index (χ0) is 34.3. The van der Waals surface area contributed by atoms with E-state index >= 15 is 0 Å². The largest absolute Gasteiger partial charge is 0.444 e. The summed E-state index contributed by atoms with van der Waals surface area (Å²) in [6.45, 7) is 0.129. The van der Waals surface area contributed by atoms with Gasteiger partial charge in [0.1, 0.15) is 29.5 Å². The van der Waals surface area contributed by atoms with Gasteiger partial charge in [0.15, 0.2) is 5.13 Å². The predicted molar refractivity (Wildman–Crippen MR) is 177 cm³/mol. The Morgan fingerprint density at radius 3 is 2.71 bits per heavy atom. The lowest BCUT2D eigenvalue weighted by Gasteiger charge is -2.29. The van der Waals surface area contributed by atoms with Crippen molar-refractivity contribution in [3.8, 4) is 0 Å². The Bertz CT molecular complexity index is 1770. The number of sulfonamides is 1. The molecule has 1 aromatic carbocycles. The molecule has 13 nitrogen and oxygen atoms in total. The number of anilines is 1. The summed E-state index contributed by atoms with van der Waals surface area (Å²) in [6, 6.07) is 2.84. The molecule has 2 saturated carbocycles. The fraction of sp³-hybridized carbons (Fsp3) is 0.545. The Hall–Kier alpha value is -4.05. The monoisotopic (exact) mass is 714 g/mol. The fourth-order valence-corrected chi connectivity index (χ4v) is 8.96. The summed E-state index contributed by atoms with van der Waals surface area (Å²) in [6.07, 6.45) is 8.61. The van der Waals surface area contributed by atoms with Crippen LogP contribution in [0.15, 0.2) is 41.9 Å². The van der Waals surface area contributed by atoms with E-state index in [1.54, 1.807) is 23.7 Å². The first-order valence-electron chi connectivity index (χ1n) is 16.8. The van der Waals surface area contributed by atoms with Crippen LogP contribution in [0.4, 0.5) is 14.3 Å². The number of nitrogens with one attached hydrogen (secondary N) is 3. The molecule has 262 valence electrons. The molecule has 4 heterocycles. The van der Waals surface area contributed by atoms with Gasteiger partial charge in [0, 0.05) is 36.0 Å². The van der Waals surface area contributed by atoms with Gasteiger partial charge in [0.25, 0.3) is 5.91 Å². The summed E-state index contributed by atoms with van der Waals surface area (Å²) < 4.78 is 47.9. The SMILES string of the molecule is O=C1N[C@]2(C(=O)NS(=O)(=O)C3CC3)C[C@H]2/C=C\CCCCC[C@H](Nc2nccs2)C(=O)N2C[C@H](OC(=O)N3Cc4cccc(F)c4C3)C[C@@H]12. The number of amides is 4. The maximum absolute atomic E-state index is 14.4. The van der Waals surface area contributed by atoms with Crippen molar-refractivity contribution in [1.82, 2.24) is 24.8 Å². The number of hydrogen-bond acceptors (Lipinski definition) is 10. The van der Waals surface area contributed by atoms with Crippen molar-refractivity contribution in [3.63, 3.8) is 0 Å². The molecule has 2 aliphatic carbocycles. The smallest absolute Gasteiger partial charge is 0.410 e. The van der Waals surface area contributed by atoms with E-state index in [9.17, 15) is 32.0 Å². The number of ether oxygens (including phenoxy) is 1. The number of hydrogen-bond donors (Lipinski definition) is 3. The lowest BCUT2D eigenvalue weighted by Crippen LogP contribution is -2.57. The minimum atomic E-state index is -3.88. The van der Waals surface area contributed by atoms with Crippen LogP contribution in [-0.2, 0) is 42.2 Å². The summed E-state index contributed by atoms with van der Waals surface area (Å²) >= 11 is 1.34. The number of rotatable bonds is 6. The van der Waals surface area contributed by atoms with Gasteiger partial charge in [-0.05, 0) is 50.2 Å². The van der Waals surface area contributed by atoms with Crippen LogP contribution >= 0.6 is 11.3 Å². The quantitative estimate of drug-likeness (QED) is 0.381. The molecule has 4 amide bonds. The van der Waals surface area contributed by atoms with E-state index in [0.29, 0.717) is 35.5 Å². The highest BCUT2D eigenvalue weighted by molar-refractivity contribution is 7.91. The summed E-state index contributed by atoms with van der Waals surface area (Å²) in [5.41, 5.74) is -0.394. The highest BCUT2D eigenvalue weighted by Gasteiger charge is 2.62. The van der Waals surface area contributed by atoms with Crippen molar-refractivity contribution in [3.05, 3.63) is 58.9 Å². The van der Waals surface area contributed by atoms with Gasteiger partial charge < -0.3 is 20.3 Å². The molecular formula is C33H39FN6O7S2. The van der Waals surface area contributed by atoms with Crippen LogP contribution < -0.4 is 15.4 Å². The van der Waals surface area contributed by atoms with Crippen molar-refractivity contribution in [2.75, 3.05) is 11.9 Å². The average molecular weight is 715 g/mol. The molecule has 2 aromatic rings. The summed E-state index contributed by atoms with van der Waals surface area (Å²) in [7, 11) is -3.88. The summed E-state index contributed by atoms with van der Waals surface area (Å²) in [4.78, 5) is 62.4. The maximum Gasteiger partial charge on any atom is 0.410 e. The fourth-order valence-electron chi connectivity index (χ4n) is 7.02. The number of benzene rings is 1. The van der Waals surface area contributed by atoms with Crippen molar-refractivity contribution in [2.24, 2.45) is 5.92 Å². The van der Waals surface area contributed by atoms with Crippen LogP contribution in [0.2, 0.25) is 0 Å². The second-order valence-corrected chi connectivity index (χ2v) is 16.4. The molecule has 3 fully saturated rings. The van der Waals surface area contributed by atoms with Gasteiger partial charge in [-0.1, -0.05) is 37.1 Å². The van der Waals surface area contributed by atoms with E-state index in [0.717, 1.165) is 25.7 Å². The lowest BCUT2D eigenvalue weighted by molar-refractivity contribution is -0.140. The standard InChI is InChI=1S/C33H39FN6O7S2/c34-25-9-6-7-20-17-39(19-24(20)25)32(44)47-22-15-27-28(41)37-33(30(43)38-49(45,46)23-11-12-23)16-21(33)8-4-2-1-3-5-10-26(29(42)40(27)18-22)36-31-35-13-14-48-31/h4,6-9,13-14,21-23,26-27H,1-3,5,10-12,15-19H2,(H,35,36)(H,37,41)(H,38,43)/b8-4-/t21-,22-,26+,27+,33-/m1/s1. The van der Waals surface area contributed by atoms with Crippen molar-refractivity contribution in [1.29, 1.82) is 0 Å². The van der Waals surface area contributed by atoms with Crippen molar-refractivity contribution in [2.45, 2.75) is 99.9 Å².